The van der Waals surface area contributed by atoms with Gasteiger partial charge in [-0.15, -0.1) is 0 Å². The van der Waals surface area contributed by atoms with Gasteiger partial charge in [-0.05, 0) is 73.9 Å². The van der Waals surface area contributed by atoms with E-state index in [-0.39, 0.29) is 22.2 Å². The lowest BCUT2D eigenvalue weighted by atomic mass is 10.1. The number of carbonyl (C=O) groups is 1. The van der Waals surface area contributed by atoms with Crippen molar-refractivity contribution in [3.63, 3.8) is 0 Å². The Labute approximate surface area is 175 Å². The number of halogens is 1. The summed E-state index contributed by atoms with van der Waals surface area (Å²) in [4.78, 5) is 12.5. The molecule has 7 heteroatoms. The second-order valence-corrected chi connectivity index (χ2v) is 9.04. The fourth-order valence-electron chi connectivity index (χ4n) is 3.11. The number of carbonyl (C=O) groups excluding carboxylic acids is 1. The minimum absolute atomic E-state index is 0.0162. The Balaban J connectivity index is 1.84. The summed E-state index contributed by atoms with van der Waals surface area (Å²) in [5.74, 6) is -0.808. The molecule has 156 valence electrons. The summed E-state index contributed by atoms with van der Waals surface area (Å²) in [6, 6.07) is 15.3. The van der Waals surface area contributed by atoms with Crippen molar-refractivity contribution in [2.75, 3.05) is 17.2 Å². The molecule has 3 rings (SSSR count). The first-order chi connectivity index (χ1) is 14.2. The third kappa shape index (κ3) is 4.68. The van der Waals surface area contributed by atoms with Crippen molar-refractivity contribution in [3.05, 3.63) is 83.2 Å². The van der Waals surface area contributed by atoms with Crippen LogP contribution in [0, 0.1) is 26.6 Å². The predicted octanol–water partition coefficient (Wildman–Crippen LogP) is 4.63. The predicted molar refractivity (Wildman–Crippen MR) is 116 cm³/mol. The summed E-state index contributed by atoms with van der Waals surface area (Å²) in [5, 5.41) is 5.79. The van der Waals surface area contributed by atoms with E-state index in [9.17, 15) is 17.6 Å². The van der Waals surface area contributed by atoms with Crippen LogP contribution in [0.5, 0.6) is 0 Å². The second-order valence-electron chi connectivity index (χ2n) is 7.13. The zero-order chi connectivity index (χ0) is 21.9. The molecule has 5 nitrogen and oxygen atoms in total. The van der Waals surface area contributed by atoms with Crippen LogP contribution in [-0.4, -0.2) is 20.9 Å². The number of benzene rings is 3. The Morgan fingerprint density at radius 2 is 1.57 bits per heavy atom. The zero-order valence-corrected chi connectivity index (χ0v) is 17.8. The van der Waals surface area contributed by atoms with Gasteiger partial charge in [0.05, 0.1) is 22.0 Å². The van der Waals surface area contributed by atoms with Gasteiger partial charge in [-0.1, -0.05) is 24.3 Å². The molecule has 0 aliphatic carbocycles. The molecular formula is C23H23FN2O3S. The van der Waals surface area contributed by atoms with Crippen LogP contribution in [0.15, 0.2) is 70.5 Å². The molecule has 0 bridgehead atoms. The summed E-state index contributed by atoms with van der Waals surface area (Å²) >= 11 is 0. The van der Waals surface area contributed by atoms with Crippen LogP contribution >= 0.6 is 0 Å². The maximum absolute atomic E-state index is 13.2. The fraction of sp³-hybridized carbons (Fsp3) is 0.174. The Kier molecular flexibility index (Phi) is 6.22. The topological polar surface area (TPSA) is 75.3 Å². The number of rotatable bonds is 6. The lowest BCUT2D eigenvalue weighted by Gasteiger charge is -2.15. The van der Waals surface area contributed by atoms with Gasteiger partial charge in [0.1, 0.15) is 5.82 Å². The van der Waals surface area contributed by atoms with Gasteiger partial charge < -0.3 is 10.6 Å². The van der Waals surface area contributed by atoms with E-state index < -0.39 is 15.7 Å². The van der Waals surface area contributed by atoms with E-state index in [2.05, 4.69) is 10.6 Å². The highest BCUT2D eigenvalue weighted by Gasteiger charge is 2.22. The average molecular weight is 427 g/mol. The summed E-state index contributed by atoms with van der Waals surface area (Å²) in [5.41, 5.74) is 3.69. The molecule has 0 heterocycles. The van der Waals surface area contributed by atoms with E-state index in [0.717, 1.165) is 34.5 Å². The molecule has 0 radical (unpaired) electrons. The summed E-state index contributed by atoms with van der Waals surface area (Å²) in [7, 11) is -3.89. The monoisotopic (exact) mass is 426 g/mol. The molecule has 0 saturated carbocycles. The van der Waals surface area contributed by atoms with Crippen molar-refractivity contribution in [3.8, 4) is 0 Å². The van der Waals surface area contributed by atoms with Gasteiger partial charge in [0.25, 0.3) is 0 Å². The second kappa shape index (κ2) is 8.67. The standard InChI is InChI=1S/C23H23FN2O3S/c1-15-7-12-20(21(13-15)30(28,29)19-10-8-18(24)9-11-19)25-14-22(27)26-23-16(2)5-4-6-17(23)3/h4-13,25H,14H2,1-3H3,(H,26,27). The van der Waals surface area contributed by atoms with Crippen LogP contribution in [0.2, 0.25) is 0 Å². The quantitative estimate of drug-likeness (QED) is 0.564. The number of anilines is 2. The van der Waals surface area contributed by atoms with Crippen LogP contribution in [-0.2, 0) is 14.6 Å². The highest BCUT2D eigenvalue weighted by atomic mass is 32.2. The molecular weight excluding hydrogens is 403 g/mol. The molecule has 0 fully saturated rings. The number of nitrogens with one attached hydrogen (secondary N) is 2. The third-order valence-electron chi connectivity index (χ3n) is 4.74. The molecule has 0 spiro atoms. The van der Waals surface area contributed by atoms with Crippen molar-refractivity contribution < 1.29 is 17.6 Å². The Hall–Kier alpha value is -3.19. The molecule has 3 aromatic carbocycles. The van der Waals surface area contributed by atoms with Gasteiger partial charge >= 0.3 is 0 Å². The first kappa shape index (κ1) is 21.5. The lowest BCUT2D eigenvalue weighted by Crippen LogP contribution is -2.23. The van der Waals surface area contributed by atoms with Gasteiger partial charge in [0.2, 0.25) is 15.7 Å². The van der Waals surface area contributed by atoms with Crippen LogP contribution in [0.4, 0.5) is 15.8 Å². The number of aryl methyl sites for hydroxylation is 3. The Bertz CT molecular complexity index is 1170. The first-order valence-electron chi connectivity index (χ1n) is 9.40. The van der Waals surface area contributed by atoms with Gasteiger partial charge in [0, 0.05) is 5.69 Å². The largest absolute Gasteiger partial charge is 0.375 e. The third-order valence-corrected chi connectivity index (χ3v) is 6.55. The summed E-state index contributed by atoms with van der Waals surface area (Å²) < 4.78 is 39.4. The number of sulfone groups is 1. The molecule has 0 aliphatic rings. The maximum atomic E-state index is 13.2. The zero-order valence-electron chi connectivity index (χ0n) is 17.0. The molecule has 0 saturated heterocycles. The smallest absolute Gasteiger partial charge is 0.243 e. The molecule has 0 aromatic heterocycles. The van der Waals surface area contributed by atoms with Gasteiger partial charge in [0.15, 0.2) is 0 Å². The van der Waals surface area contributed by atoms with Crippen LogP contribution in [0.1, 0.15) is 16.7 Å². The van der Waals surface area contributed by atoms with E-state index in [1.54, 1.807) is 19.1 Å². The van der Waals surface area contributed by atoms with Crippen molar-refractivity contribution >= 4 is 27.1 Å². The summed E-state index contributed by atoms with van der Waals surface area (Å²) in [6.45, 7) is 5.48. The molecule has 0 aliphatic heterocycles. The molecule has 30 heavy (non-hydrogen) atoms. The molecule has 1 amide bonds. The van der Waals surface area contributed by atoms with E-state index in [1.165, 1.54) is 18.2 Å². The lowest BCUT2D eigenvalue weighted by molar-refractivity contribution is -0.114. The van der Waals surface area contributed by atoms with Crippen LogP contribution < -0.4 is 10.6 Å². The van der Waals surface area contributed by atoms with E-state index in [1.807, 2.05) is 32.0 Å². The maximum Gasteiger partial charge on any atom is 0.243 e. The molecule has 3 aromatic rings. The first-order valence-corrected chi connectivity index (χ1v) is 10.9. The van der Waals surface area contributed by atoms with Crippen LogP contribution in [0.3, 0.4) is 0 Å². The minimum Gasteiger partial charge on any atom is -0.375 e. The van der Waals surface area contributed by atoms with E-state index in [4.69, 9.17) is 0 Å². The highest BCUT2D eigenvalue weighted by Crippen LogP contribution is 2.29. The number of hydrogen-bond acceptors (Lipinski definition) is 4. The number of hydrogen-bond donors (Lipinski definition) is 2. The van der Waals surface area contributed by atoms with Crippen molar-refractivity contribution in [1.29, 1.82) is 0 Å². The fourth-order valence-corrected chi connectivity index (χ4v) is 4.63. The SMILES string of the molecule is Cc1ccc(NCC(=O)Nc2c(C)cccc2C)c(S(=O)(=O)c2ccc(F)cc2)c1. The van der Waals surface area contributed by atoms with Crippen molar-refractivity contribution in [2.45, 2.75) is 30.6 Å². The van der Waals surface area contributed by atoms with E-state index >= 15 is 0 Å². The minimum atomic E-state index is -3.89. The van der Waals surface area contributed by atoms with Gasteiger partial charge in [-0.25, -0.2) is 12.8 Å². The number of para-hydroxylation sites is 1. The van der Waals surface area contributed by atoms with Crippen molar-refractivity contribution in [2.24, 2.45) is 0 Å². The molecule has 0 atom stereocenters. The molecule has 2 N–H and O–H groups in total. The van der Waals surface area contributed by atoms with Gasteiger partial charge in [-0.3, -0.25) is 4.79 Å². The van der Waals surface area contributed by atoms with Crippen molar-refractivity contribution in [1.82, 2.24) is 0 Å². The molecule has 0 unspecified atom stereocenters. The average Bonchev–Trinajstić information content (AvgIpc) is 2.70. The number of amides is 1. The van der Waals surface area contributed by atoms with Gasteiger partial charge in [-0.2, -0.15) is 0 Å². The summed E-state index contributed by atoms with van der Waals surface area (Å²) in [6.07, 6.45) is 0. The Morgan fingerprint density at radius 3 is 2.20 bits per heavy atom. The Morgan fingerprint density at radius 1 is 0.933 bits per heavy atom. The van der Waals surface area contributed by atoms with Crippen LogP contribution in [0.25, 0.3) is 0 Å². The normalized spacial score (nSPS) is 11.2. The van der Waals surface area contributed by atoms with E-state index in [0.29, 0.717) is 5.69 Å². The highest BCUT2D eigenvalue weighted by molar-refractivity contribution is 7.91.